The lowest BCUT2D eigenvalue weighted by Crippen LogP contribution is -2.21. The van der Waals surface area contributed by atoms with Crippen LogP contribution in [0, 0.1) is 13.8 Å². The van der Waals surface area contributed by atoms with E-state index in [0.717, 1.165) is 15.6 Å². The predicted octanol–water partition coefficient (Wildman–Crippen LogP) is 3.44. The van der Waals surface area contributed by atoms with Crippen molar-refractivity contribution in [3.05, 3.63) is 57.6 Å². The first-order chi connectivity index (χ1) is 10.9. The number of para-hydroxylation sites is 1. The number of esters is 1. The highest BCUT2D eigenvalue weighted by atomic mass is 79.9. The van der Waals surface area contributed by atoms with Gasteiger partial charge in [-0.25, -0.2) is 4.79 Å². The van der Waals surface area contributed by atoms with Crippen LogP contribution in [0.2, 0.25) is 0 Å². The van der Waals surface area contributed by atoms with Gasteiger partial charge in [-0.2, -0.15) is 0 Å². The van der Waals surface area contributed by atoms with Gasteiger partial charge in [0.15, 0.2) is 6.61 Å². The van der Waals surface area contributed by atoms with Gasteiger partial charge in [-0.1, -0.05) is 28.1 Å². The summed E-state index contributed by atoms with van der Waals surface area (Å²) in [4.78, 5) is 23.9. The minimum atomic E-state index is -0.617. The molecule has 0 aliphatic heterocycles. The van der Waals surface area contributed by atoms with Crippen molar-refractivity contribution in [1.82, 2.24) is 0 Å². The Labute approximate surface area is 143 Å². The summed E-state index contributed by atoms with van der Waals surface area (Å²) in [7, 11) is 0. The first-order valence-electron chi connectivity index (χ1n) is 6.96. The maximum absolute atomic E-state index is 12.0. The quantitative estimate of drug-likeness (QED) is 0.632. The largest absolute Gasteiger partial charge is 0.452 e. The Morgan fingerprint density at radius 3 is 2.61 bits per heavy atom. The molecular formula is C17H17BrN2O3. The number of anilines is 2. The number of hydrogen-bond acceptors (Lipinski definition) is 4. The van der Waals surface area contributed by atoms with E-state index in [1.165, 1.54) is 0 Å². The van der Waals surface area contributed by atoms with E-state index in [4.69, 9.17) is 10.5 Å². The molecule has 6 heteroatoms. The molecule has 0 aliphatic carbocycles. The van der Waals surface area contributed by atoms with E-state index in [1.54, 1.807) is 31.2 Å². The summed E-state index contributed by atoms with van der Waals surface area (Å²) >= 11 is 3.36. The van der Waals surface area contributed by atoms with Gasteiger partial charge in [0, 0.05) is 15.8 Å². The van der Waals surface area contributed by atoms with E-state index in [0.29, 0.717) is 11.4 Å². The molecule has 5 nitrogen and oxygen atoms in total. The molecule has 0 heterocycles. The predicted molar refractivity (Wildman–Crippen MR) is 93.4 cm³/mol. The van der Waals surface area contributed by atoms with Crippen molar-refractivity contribution in [1.29, 1.82) is 0 Å². The highest BCUT2D eigenvalue weighted by molar-refractivity contribution is 9.10. The third-order valence-corrected chi connectivity index (χ3v) is 3.83. The lowest BCUT2D eigenvalue weighted by Gasteiger charge is -2.10. The lowest BCUT2D eigenvalue weighted by atomic mass is 10.1. The standard InChI is InChI=1S/C17H17BrN2O3/c1-10-4-3-5-13(16(10)19)17(22)23-9-15(21)20-14-7-6-12(18)8-11(14)2/h3-8H,9,19H2,1-2H3,(H,20,21). The SMILES string of the molecule is Cc1cc(Br)ccc1NC(=O)COC(=O)c1cccc(C)c1N. The number of halogens is 1. The van der Waals surface area contributed by atoms with E-state index in [-0.39, 0.29) is 12.2 Å². The van der Waals surface area contributed by atoms with Crippen molar-refractivity contribution in [2.45, 2.75) is 13.8 Å². The molecule has 2 rings (SSSR count). The Kier molecular flexibility index (Phi) is 5.39. The van der Waals surface area contributed by atoms with Gasteiger partial charge in [0.2, 0.25) is 0 Å². The van der Waals surface area contributed by atoms with Gasteiger partial charge < -0.3 is 15.8 Å². The fraction of sp³-hybridized carbons (Fsp3) is 0.176. The molecule has 3 N–H and O–H groups in total. The Hall–Kier alpha value is -2.34. The summed E-state index contributed by atoms with van der Waals surface area (Å²) in [5.41, 5.74) is 8.83. The summed E-state index contributed by atoms with van der Waals surface area (Å²) < 4.78 is 5.95. The molecule has 120 valence electrons. The molecule has 1 amide bonds. The third-order valence-electron chi connectivity index (χ3n) is 3.34. The molecular weight excluding hydrogens is 360 g/mol. The number of hydrogen-bond donors (Lipinski definition) is 2. The van der Waals surface area contributed by atoms with Crippen molar-refractivity contribution >= 4 is 39.2 Å². The second-order valence-electron chi connectivity index (χ2n) is 5.12. The molecule has 0 aliphatic rings. The van der Waals surface area contributed by atoms with E-state index >= 15 is 0 Å². The minimum Gasteiger partial charge on any atom is -0.452 e. The van der Waals surface area contributed by atoms with Crippen molar-refractivity contribution in [3.63, 3.8) is 0 Å². The number of aryl methyl sites for hydroxylation is 2. The van der Waals surface area contributed by atoms with E-state index < -0.39 is 11.9 Å². The first kappa shape index (κ1) is 17.0. The molecule has 0 aromatic heterocycles. The molecule has 0 saturated heterocycles. The number of amides is 1. The number of nitrogens with two attached hydrogens (primary N) is 1. The van der Waals surface area contributed by atoms with Crippen LogP contribution in [0.25, 0.3) is 0 Å². The zero-order chi connectivity index (χ0) is 17.0. The van der Waals surface area contributed by atoms with Gasteiger partial charge in [-0.15, -0.1) is 0 Å². The molecule has 0 bridgehead atoms. The van der Waals surface area contributed by atoms with Gasteiger partial charge in [0.25, 0.3) is 5.91 Å². The van der Waals surface area contributed by atoms with Crippen LogP contribution in [0.15, 0.2) is 40.9 Å². The molecule has 0 radical (unpaired) electrons. The maximum Gasteiger partial charge on any atom is 0.340 e. The Morgan fingerprint density at radius 2 is 1.91 bits per heavy atom. The summed E-state index contributed by atoms with van der Waals surface area (Å²) in [5.74, 6) is -1.02. The van der Waals surface area contributed by atoms with Gasteiger partial charge in [0.05, 0.1) is 5.56 Å². The molecule has 0 spiro atoms. The monoisotopic (exact) mass is 376 g/mol. The Morgan fingerprint density at radius 1 is 1.17 bits per heavy atom. The van der Waals surface area contributed by atoms with E-state index in [2.05, 4.69) is 21.2 Å². The van der Waals surface area contributed by atoms with Crippen LogP contribution in [-0.2, 0) is 9.53 Å². The fourth-order valence-corrected chi connectivity index (χ4v) is 2.50. The van der Waals surface area contributed by atoms with Gasteiger partial charge >= 0.3 is 5.97 Å². The fourth-order valence-electron chi connectivity index (χ4n) is 2.02. The topological polar surface area (TPSA) is 81.4 Å². The number of carbonyl (C=O) groups excluding carboxylic acids is 2. The molecule has 23 heavy (non-hydrogen) atoms. The van der Waals surface area contributed by atoms with Crippen LogP contribution in [0.4, 0.5) is 11.4 Å². The Balaban J connectivity index is 1.96. The van der Waals surface area contributed by atoms with Gasteiger partial charge in [-0.3, -0.25) is 4.79 Å². The zero-order valence-electron chi connectivity index (χ0n) is 12.9. The van der Waals surface area contributed by atoms with E-state index in [1.807, 2.05) is 19.1 Å². The summed E-state index contributed by atoms with van der Waals surface area (Å²) in [6, 6.07) is 10.6. The van der Waals surface area contributed by atoms with Crippen molar-refractivity contribution in [3.8, 4) is 0 Å². The summed E-state index contributed by atoms with van der Waals surface area (Å²) in [5, 5.41) is 2.70. The molecule has 0 atom stereocenters. The number of carbonyl (C=O) groups is 2. The van der Waals surface area contributed by atoms with Crippen LogP contribution in [-0.4, -0.2) is 18.5 Å². The molecule has 2 aromatic rings. The molecule has 0 unspecified atom stereocenters. The third kappa shape index (κ3) is 4.32. The number of nitrogens with one attached hydrogen (secondary N) is 1. The van der Waals surface area contributed by atoms with Crippen molar-refractivity contribution < 1.29 is 14.3 Å². The van der Waals surface area contributed by atoms with Crippen molar-refractivity contribution in [2.24, 2.45) is 0 Å². The normalized spacial score (nSPS) is 10.2. The van der Waals surface area contributed by atoms with Crippen LogP contribution >= 0.6 is 15.9 Å². The minimum absolute atomic E-state index is 0.262. The highest BCUT2D eigenvalue weighted by Gasteiger charge is 2.14. The number of ether oxygens (including phenoxy) is 1. The number of benzene rings is 2. The second kappa shape index (κ2) is 7.28. The van der Waals surface area contributed by atoms with Crippen LogP contribution in [0.3, 0.4) is 0 Å². The first-order valence-corrected chi connectivity index (χ1v) is 7.76. The number of nitrogen functional groups attached to an aromatic ring is 1. The second-order valence-corrected chi connectivity index (χ2v) is 6.04. The van der Waals surface area contributed by atoms with E-state index in [9.17, 15) is 9.59 Å². The van der Waals surface area contributed by atoms with Crippen molar-refractivity contribution in [2.75, 3.05) is 17.7 Å². The van der Waals surface area contributed by atoms with Crippen LogP contribution < -0.4 is 11.1 Å². The maximum atomic E-state index is 12.0. The van der Waals surface area contributed by atoms with Gasteiger partial charge in [-0.05, 0) is 49.2 Å². The molecule has 2 aromatic carbocycles. The average molecular weight is 377 g/mol. The lowest BCUT2D eigenvalue weighted by molar-refractivity contribution is -0.119. The van der Waals surface area contributed by atoms with Gasteiger partial charge in [0.1, 0.15) is 0 Å². The average Bonchev–Trinajstić information content (AvgIpc) is 2.50. The molecule has 0 fully saturated rings. The highest BCUT2D eigenvalue weighted by Crippen LogP contribution is 2.20. The smallest absolute Gasteiger partial charge is 0.340 e. The Bertz CT molecular complexity index is 759. The molecule has 0 saturated carbocycles. The number of rotatable bonds is 4. The summed E-state index contributed by atoms with van der Waals surface area (Å²) in [6.45, 7) is 3.30. The van der Waals surface area contributed by atoms with Crippen LogP contribution in [0.5, 0.6) is 0 Å². The summed E-state index contributed by atoms with van der Waals surface area (Å²) in [6.07, 6.45) is 0. The van der Waals surface area contributed by atoms with Crippen LogP contribution in [0.1, 0.15) is 21.5 Å². The zero-order valence-corrected chi connectivity index (χ0v) is 14.4.